The van der Waals surface area contributed by atoms with E-state index in [1.165, 1.54) is 25.0 Å². The number of aliphatic imine (C=N–C) groups is 1. The summed E-state index contributed by atoms with van der Waals surface area (Å²) < 4.78 is 26.9. The Kier molecular flexibility index (Phi) is 6.68. The first kappa shape index (κ1) is 18.0. The summed E-state index contributed by atoms with van der Waals surface area (Å²) in [7, 11) is -3.55. The minimum absolute atomic E-state index is 0.167. The molecule has 0 radical (unpaired) electrons. The van der Waals surface area contributed by atoms with Crippen LogP contribution >= 0.6 is 11.6 Å². The van der Waals surface area contributed by atoms with Gasteiger partial charge < -0.3 is 10.2 Å². The number of rotatable bonds is 6. The van der Waals surface area contributed by atoms with Crippen molar-refractivity contribution < 1.29 is 8.42 Å². The summed E-state index contributed by atoms with van der Waals surface area (Å²) in [5.74, 6) is 0.854. The highest BCUT2D eigenvalue weighted by atomic mass is 35.5. The lowest BCUT2D eigenvalue weighted by Crippen LogP contribution is -2.40. The fraction of sp³-hybridized carbons (Fsp3) is 0.533. The number of sulfonamides is 1. The van der Waals surface area contributed by atoms with Crippen molar-refractivity contribution in [2.45, 2.75) is 24.7 Å². The van der Waals surface area contributed by atoms with Gasteiger partial charge in [-0.2, -0.15) is 0 Å². The molecule has 1 aliphatic heterocycles. The lowest BCUT2D eigenvalue weighted by Gasteiger charge is -2.20. The predicted octanol–water partition coefficient (Wildman–Crippen LogP) is 1.68. The summed E-state index contributed by atoms with van der Waals surface area (Å²) in [4.78, 5) is 6.86. The lowest BCUT2D eigenvalue weighted by molar-refractivity contribution is 0.493. The Morgan fingerprint density at radius 3 is 2.74 bits per heavy atom. The first-order valence-corrected chi connectivity index (χ1v) is 9.67. The van der Waals surface area contributed by atoms with Crippen LogP contribution in [0.15, 0.2) is 34.2 Å². The van der Waals surface area contributed by atoms with E-state index in [-0.39, 0.29) is 11.4 Å². The summed E-state index contributed by atoms with van der Waals surface area (Å²) in [6, 6.07) is 6.21. The van der Waals surface area contributed by atoms with Gasteiger partial charge in [0.1, 0.15) is 0 Å². The third-order valence-electron chi connectivity index (χ3n) is 3.51. The SMILES string of the molecule is CCNC(=NCCNS(=O)(=O)c1cccc(Cl)c1)N1CCCC1. The van der Waals surface area contributed by atoms with E-state index in [1.54, 1.807) is 12.1 Å². The molecule has 0 atom stereocenters. The normalized spacial score (nSPS) is 15.9. The topological polar surface area (TPSA) is 73.8 Å². The fourth-order valence-electron chi connectivity index (χ4n) is 2.41. The molecule has 128 valence electrons. The van der Waals surface area contributed by atoms with Crippen LogP contribution in [0.3, 0.4) is 0 Å². The molecule has 1 aromatic carbocycles. The molecule has 1 heterocycles. The molecule has 1 fully saturated rings. The molecule has 0 saturated carbocycles. The molecule has 0 spiro atoms. The molecule has 23 heavy (non-hydrogen) atoms. The molecule has 2 N–H and O–H groups in total. The zero-order chi connectivity index (χ0) is 16.7. The Balaban J connectivity index is 1.91. The van der Waals surface area contributed by atoms with Crippen molar-refractivity contribution in [3.05, 3.63) is 29.3 Å². The Morgan fingerprint density at radius 1 is 1.35 bits per heavy atom. The van der Waals surface area contributed by atoms with Gasteiger partial charge in [0.25, 0.3) is 0 Å². The Bertz CT molecular complexity index is 643. The van der Waals surface area contributed by atoms with E-state index in [9.17, 15) is 8.42 Å². The van der Waals surface area contributed by atoms with Crippen LogP contribution in [-0.2, 0) is 10.0 Å². The zero-order valence-corrected chi connectivity index (χ0v) is 14.8. The van der Waals surface area contributed by atoms with Crippen molar-refractivity contribution in [2.75, 3.05) is 32.7 Å². The second-order valence-electron chi connectivity index (χ2n) is 5.28. The van der Waals surface area contributed by atoms with Gasteiger partial charge in [0.15, 0.2) is 5.96 Å². The van der Waals surface area contributed by atoms with Crippen LogP contribution in [0.2, 0.25) is 5.02 Å². The molecular formula is C15H23ClN4O2S. The highest BCUT2D eigenvalue weighted by molar-refractivity contribution is 7.89. The van der Waals surface area contributed by atoms with E-state index < -0.39 is 10.0 Å². The van der Waals surface area contributed by atoms with Crippen LogP contribution in [0, 0.1) is 0 Å². The monoisotopic (exact) mass is 358 g/mol. The van der Waals surface area contributed by atoms with E-state index in [2.05, 4.69) is 19.9 Å². The number of nitrogens with zero attached hydrogens (tertiary/aromatic N) is 2. The van der Waals surface area contributed by atoms with Gasteiger partial charge in [-0.1, -0.05) is 17.7 Å². The van der Waals surface area contributed by atoms with Crippen LogP contribution in [0.25, 0.3) is 0 Å². The molecule has 2 rings (SSSR count). The van der Waals surface area contributed by atoms with Gasteiger partial charge in [-0.15, -0.1) is 0 Å². The second-order valence-corrected chi connectivity index (χ2v) is 7.49. The number of nitrogens with one attached hydrogen (secondary N) is 2. The van der Waals surface area contributed by atoms with E-state index in [0.717, 1.165) is 25.6 Å². The Hall–Kier alpha value is -1.31. The average molecular weight is 359 g/mol. The lowest BCUT2D eigenvalue weighted by atomic mass is 10.4. The van der Waals surface area contributed by atoms with Gasteiger partial charge in [-0.05, 0) is 38.0 Å². The number of halogens is 1. The summed E-state index contributed by atoms with van der Waals surface area (Å²) in [6.45, 7) is 5.45. The minimum atomic E-state index is -3.55. The van der Waals surface area contributed by atoms with Crippen molar-refractivity contribution in [2.24, 2.45) is 4.99 Å². The number of likely N-dealkylation sites (tertiary alicyclic amines) is 1. The molecule has 1 aromatic rings. The van der Waals surface area contributed by atoms with Crippen LogP contribution in [0.1, 0.15) is 19.8 Å². The van der Waals surface area contributed by atoms with Crippen LogP contribution < -0.4 is 10.0 Å². The Labute approximate surface area is 143 Å². The van der Waals surface area contributed by atoms with E-state index in [0.29, 0.717) is 11.6 Å². The van der Waals surface area contributed by atoms with Crippen LogP contribution in [-0.4, -0.2) is 52.0 Å². The first-order valence-electron chi connectivity index (χ1n) is 7.81. The molecule has 0 aromatic heterocycles. The van der Waals surface area contributed by atoms with E-state index >= 15 is 0 Å². The maximum Gasteiger partial charge on any atom is 0.240 e. The number of hydrogen-bond acceptors (Lipinski definition) is 3. The summed E-state index contributed by atoms with van der Waals surface area (Å²) in [5, 5.41) is 3.64. The molecule has 6 nitrogen and oxygen atoms in total. The van der Waals surface area contributed by atoms with Crippen molar-refractivity contribution in [3.8, 4) is 0 Å². The van der Waals surface area contributed by atoms with E-state index in [4.69, 9.17) is 11.6 Å². The maximum atomic E-state index is 12.2. The smallest absolute Gasteiger partial charge is 0.240 e. The molecule has 1 aliphatic rings. The highest BCUT2D eigenvalue weighted by Gasteiger charge is 2.16. The van der Waals surface area contributed by atoms with Crippen LogP contribution in [0.5, 0.6) is 0 Å². The molecule has 0 bridgehead atoms. The van der Waals surface area contributed by atoms with Gasteiger partial charge in [0, 0.05) is 31.2 Å². The number of hydrogen-bond donors (Lipinski definition) is 2. The highest BCUT2D eigenvalue weighted by Crippen LogP contribution is 2.15. The number of benzene rings is 1. The van der Waals surface area contributed by atoms with E-state index in [1.807, 2.05) is 6.92 Å². The third kappa shape index (κ3) is 5.37. The van der Waals surface area contributed by atoms with Crippen molar-refractivity contribution >= 4 is 27.6 Å². The minimum Gasteiger partial charge on any atom is -0.357 e. The third-order valence-corrected chi connectivity index (χ3v) is 5.21. The molecule has 0 unspecified atom stereocenters. The largest absolute Gasteiger partial charge is 0.357 e. The van der Waals surface area contributed by atoms with Crippen molar-refractivity contribution in [1.82, 2.24) is 14.9 Å². The molecule has 0 amide bonds. The summed E-state index contributed by atoms with van der Waals surface area (Å²) >= 11 is 5.83. The van der Waals surface area contributed by atoms with Gasteiger partial charge in [-0.3, -0.25) is 4.99 Å². The average Bonchev–Trinajstić information content (AvgIpc) is 3.04. The standard InChI is InChI=1S/C15H23ClN4O2S/c1-2-17-15(20-10-3-4-11-20)18-8-9-19-23(21,22)14-7-5-6-13(16)12-14/h5-7,12,19H,2-4,8-11H2,1H3,(H,17,18). The van der Waals surface area contributed by atoms with Gasteiger partial charge in [0.2, 0.25) is 10.0 Å². The molecular weight excluding hydrogens is 336 g/mol. The second kappa shape index (κ2) is 8.52. The van der Waals surface area contributed by atoms with Gasteiger partial charge >= 0.3 is 0 Å². The maximum absolute atomic E-state index is 12.2. The summed E-state index contributed by atoms with van der Waals surface area (Å²) in [6.07, 6.45) is 2.34. The van der Waals surface area contributed by atoms with Crippen molar-refractivity contribution in [1.29, 1.82) is 0 Å². The Morgan fingerprint density at radius 2 is 2.09 bits per heavy atom. The van der Waals surface area contributed by atoms with Crippen molar-refractivity contribution in [3.63, 3.8) is 0 Å². The first-order chi connectivity index (χ1) is 11.0. The van der Waals surface area contributed by atoms with Gasteiger partial charge in [-0.25, -0.2) is 13.1 Å². The quantitative estimate of drug-likeness (QED) is 0.461. The van der Waals surface area contributed by atoms with Crippen LogP contribution in [0.4, 0.5) is 0 Å². The molecule has 1 saturated heterocycles. The predicted molar refractivity (Wildman–Crippen MR) is 93.4 cm³/mol. The van der Waals surface area contributed by atoms with Gasteiger partial charge in [0.05, 0.1) is 11.4 Å². The molecule has 8 heteroatoms. The zero-order valence-electron chi connectivity index (χ0n) is 13.3. The fourth-order valence-corrected chi connectivity index (χ4v) is 3.74. The summed E-state index contributed by atoms with van der Waals surface area (Å²) in [5.41, 5.74) is 0. The number of guanidine groups is 1. The molecule has 0 aliphatic carbocycles.